The van der Waals surface area contributed by atoms with Crippen molar-refractivity contribution in [1.29, 1.82) is 0 Å². The molecule has 0 saturated carbocycles. The maximum absolute atomic E-state index is 12.4. The van der Waals surface area contributed by atoms with E-state index in [0.29, 0.717) is 17.1 Å². The molecule has 0 radical (unpaired) electrons. The summed E-state index contributed by atoms with van der Waals surface area (Å²) in [6.07, 6.45) is 0. The van der Waals surface area contributed by atoms with Gasteiger partial charge in [0.2, 0.25) is 0 Å². The Balaban J connectivity index is 2.21. The molecule has 0 fully saturated rings. The van der Waals surface area contributed by atoms with Crippen LogP contribution < -0.4 is 19.7 Å². The van der Waals surface area contributed by atoms with Crippen molar-refractivity contribution in [2.45, 2.75) is 0 Å². The fraction of sp³-hybridized carbons (Fsp3) is 0.235. The predicted molar refractivity (Wildman–Crippen MR) is 88.3 cm³/mol. The third-order valence-corrected chi connectivity index (χ3v) is 3.29. The van der Waals surface area contributed by atoms with E-state index in [9.17, 15) is 4.79 Å². The maximum Gasteiger partial charge on any atom is 0.259 e. The van der Waals surface area contributed by atoms with Gasteiger partial charge in [0.05, 0.1) is 19.8 Å². The lowest BCUT2D eigenvalue weighted by Gasteiger charge is -2.14. The third-order valence-electron chi connectivity index (χ3n) is 3.29. The molecule has 2 rings (SSSR count). The zero-order valence-corrected chi connectivity index (χ0v) is 13.2. The van der Waals surface area contributed by atoms with Crippen molar-refractivity contribution in [3.63, 3.8) is 0 Å². The number of methoxy groups -OCH3 is 2. The Kier molecular flexibility index (Phi) is 4.88. The van der Waals surface area contributed by atoms with Gasteiger partial charge in [-0.2, -0.15) is 0 Å². The van der Waals surface area contributed by atoms with E-state index in [1.54, 1.807) is 25.3 Å². The Morgan fingerprint density at radius 3 is 2.23 bits per heavy atom. The summed E-state index contributed by atoms with van der Waals surface area (Å²) in [6.45, 7) is 0. The molecule has 0 unspecified atom stereocenters. The van der Waals surface area contributed by atoms with E-state index in [2.05, 4.69) is 5.32 Å². The molecule has 1 N–H and O–H groups in total. The number of rotatable bonds is 5. The Morgan fingerprint density at radius 2 is 1.68 bits per heavy atom. The van der Waals surface area contributed by atoms with Crippen molar-refractivity contribution in [2.24, 2.45) is 0 Å². The SMILES string of the molecule is COc1ccc(OC)c(C(=O)Nc2ccc(N(C)C)cc2)c1. The monoisotopic (exact) mass is 300 g/mol. The summed E-state index contributed by atoms with van der Waals surface area (Å²) < 4.78 is 10.4. The number of anilines is 2. The number of nitrogens with one attached hydrogen (secondary N) is 1. The van der Waals surface area contributed by atoms with Crippen LogP contribution in [0.15, 0.2) is 42.5 Å². The van der Waals surface area contributed by atoms with Gasteiger partial charge in [0.15, 0.2) is 0 Å². The van der Waals surface area contributed by atoms with Gasteiger partial charge in [-0.25, -0.2) is 0 Å². The second-order valence-corrected chi connectivity index (χ2v) is 4.96. The van der Waals surface area contributed by atoms with Crippen LogP contribution in [0.25, 0.3) is 0 Å². The van der Waals surface area contributed by atoms with E-state index in [1.165, 1.54) is 7.11 Å². The molecule has 5 nitrogen and oxygen atoms in total. The Hall–Kier alpha value is -2.69. The molecule has 0 aliphatic heterocycles. The van der Waals surface area contributed by atoms with E-state index in [0.717, 1.165) is 11.4 Å². The summed E-state index contributed by atoms with van der Waals surface area (Å²) in [5, 5.41) is 2.86. The summed E-state index contributed by atoms with van der Waals surface area (Å²) >= 11 is 0. The van der Waals surface area contributed by atoms with Gasteiger partial charge >= 0.3 is 0 Å². The first-order chi connectivity index (χ1) is 10.5. The summed E-state index contributed by atoms with van der Waals surface area (Å²) in [6, 6.07) is 12.7. The smallest absolute Gasteiger partial charge is 0.259 e. The number of carbonyl (C=O) groups is 1. The van der Waals surface area contributed by atoms with Gasteiger partial charge in [-0.1, -0.05) is 0 Å². The minimum absolute atomic E-state index is 0.242. The molecule has 5 heteroatoms. The molecule has 22 heavy (non-hydrogen) atoms. The van der Waals surface area contributed by atoms with Crippen molar-refractivity contribution >= 4 is 17.3 Å². The molecule has 0 heterocycles. The van der Waals surface area contributed by atoms with E-state index in [-0.39, 0.29) is 5.91 Å². The van der Waals surface area contributed by atoms with Crippen LogP contribution in [-0.2, 0) is 0 Å². The Bertz CT molecular complexity index is 651. The van der Waals surface area contributed by atoms with Crippen LogP contribution in [0.5, 0.6) is 11.5 Å². The van der Waals surface area contributed by atoms with Gasteiger partial charge in [0.1, 0.15) is 11.5 Å². The summed E-state index contributed by atoms with van der Waals surface area (Å²) in [5.74, 6) is 0.866. The number of hydrogen-bond acceptors (Lipinski definition) is 4. The minimum atomic E-state index is -0.242. The standard InChI is InChI=1S/C17H20N2O3/c1-19(2)13-7-5-12(6-8-13)18-17(20)15-11-14(21-3)9-10-16(15)22-4/h5-11H,1-4H3,(H,18,20). The molecule has 0 bridgehead atoms. The largest absolute Gasteiger partial charge is 0.497 e. The van der Waals surface area contributed by atoms with Crippen molar-refractivity contribution in [2.75, 3.05) is 38.5 Å². The van der Waals surface area contributed by atoms with Crippen LogP contribution >= 0.6 is 0 Å². The zero-order valence-electron chi connectivity index (χ0n) is 13.2. The molecule has 0 spiro atoms. The van der Waals surface area contributed by atoms with E-state index < -0.39 is 0 Å². The quantitative estimate of drug-likeness (QED) is 0.922. The minimum Gasteiger partial charge on any atom is -0.497 e. The number of amides is 1. The Morgan fingerprint density at radius 1 is 1.00 bits per heavy atom. The molecule has 2 aromatic carbocycles. The lowest BCUT2D eigenvalue weighted by atomic mass is 10.1. The van der Waals surface area contributed by atoms with Crippen molar-refractivity contribution < 1.29 is 14.3 Å². The van der Waals surface area contributed by atoms with E-state index in [4.69, 9.17) is 9.47 Å². The van der Waals surface area contributed by atoms with Crippen molar-refractivity contribution in [3.05, 3.63) is 48.0 Å². The lowest BCUT2D eigenvalue weighted by Crippen LogP contribution is -2.14. The number of nitrogens with zero attached hydrogens (tertiary/aromatic N) is 1. The highest BCUT2D eigenvalue weighted by Crippen LogP contribution is 2.25. The van der Waals surface area contributed by atoms with Crippen LogP contribution in [0.1, 0.15) is 10.4 Å². The highest BCUT2D eigenvalue weighted by Gasteiger charge is 2.14. The van der Waals surface area contributed by atoms with Gasteiger partial charge in [-0.3, -0.25) is 4.79 Å². The van der Waals surface area contributed by atoms with E-state index >= 15 is 0 Å². The van der Waals surface area contributed by atoms with Crippen molar-refractivity contribution in [1.82, 2.24) is 0 Å². The summed E-state index contributed by atoms with van der Waals surface area (Å²) in [5.41, 5.74) is 2.22. The van der Waals surface area contributed by atoms with Gasteiger partial charge in [-0.15, -0.1) is 0 Å². The highest BCUT2D eigenvalue weighted by atomic mass is 16.5. The molecule has 0 aromatic heterocycles. The van der Waals surface area contributed by atoms with Gasteiger partial charge in [0.25, 0.3) is 5.91 Å². The molecule has 116 valence electrons. The maximum atomic E-state index is 12.4. The first-order valence-electron chi connectivity index (χ1n) is 6.86. The van der Waals surface area contributed by atoms with Gasteiger partial charge in [-0.05, 0) is 42.5 Å². The van der Waals surface area contributed by atoms with Crippen LogP contribution in [0, 0.1) is 0 Å². The van der Waals surface area contributed by atoms with Crippen molar-refractivity contribution in [3.8, 4) is 11.5 Å². The van der Waals surface area contributed by atoms with Gasteiger partial charge < -0.3 is 19.7 Å². The van der Waals surface area contributed by atoms with Crippen LogP contribution in [0.3, 0.4) is 0 Å². The van der Waals surface area contributed by atoms with E-state index in [1.807, 2.05) is 43.3 Å². The van der Waals surface area contributed by atoms with Gasteiger partial charge in [0, 0.05) is 25.5 Å². The fourth-order valence-electron chi connectivity index (χ4n) is 2.03. The first-order valence-corrected chi connectivity index (χ1v) is 6.86. The van der Waals surface area contributed by atoms with Crippen LogP contribution in [-0.4, -0.2) is 34.2 Å². The molecular weight excluding hydrogens is 280 g/mol. The topological polar surface area (TPSA) is 50.8 Å². The van der Waals surface area contributed by atoms with Crippen LogP contribution in [0.2, 0.25) is 0 Å². The number of ether oxygens (including phenoxy) is 2. The molecule has 0 saturated heterocycles. The molecule has 0 aliphatic carbocycles. The molecule has 1 amide bonds. The third kappa shape index (κ3) is 3.49. The second-order valence-electron chi connectivity index (χ2n) is 4.96. The lowest BCUT2D eigenvalue weighted by molar-refractivity contribution is 0.102. The predicted octanol–water partition coefficient (Wildman–Crippen LogP) is 3.02. The average Bonchev–Trinajstić information content (AvgIpc) is 2.54. The first kappa shape index (κ1) is 15.7. The summed E-state index contributed by atoms with van der Waals surface area (Å²) in [7, 11) is 7.03. The second kappa shape index (κ2) is 6.85. The number of carbonyl (C=O) groups excluding carboxylic acids is 1. The Labute approximate surface area is 130 Å². The number of hydrogen-bond donors (Lipinski definition) is 1. The zero-order chi connectivity index (χ0) is 16.1. The van der Waals surface area contributed by atoms with Crippen LogP contribution in [0.4, 0.5) is 11.4 Å². The molecular formula is C17H20N2O3. The normalized spacial score (nSPS) is 10.0. The average molecular weight is 300 g/mol. The summed E-state index contributed by atoms with van der Waals surface area (Å²) in [4.78, 5) is 14.4. The molecule has 0 aliphatic rings. The molecule has 2 aromatic rings. The fourth-order valence-corrected chi connectivity index (χ4v) is 2.03. The number of benzene rings is 2. The highest BCUT2D eigenvalue weighted by molar-refractivity contribution is 6.06. The molecule has 0 atom stereocenters.